The average molecular weight is 359 g/mol. The topological polar surface area (TPSA) is 57.5 Å². The van der Waals surface area contributed by atoms with Crippen molar-refractivity contribution in [2.24, 2.45) is 28.1 Å². The van der Waals surface area contributed by atoms with E-state index in [0.29, 0.717) is 5.92 Å². The van der Waals surface area contributed by atoms with Crippen molar-refractivity contribution in [3.63, 3.8) is 0 Å². The second kappa shape index (κ2) is 5.90. The standard InChI is InChI=1S/C20H30O3.K.H/c1-13-11-19-9-5-14-17(2,7-4-8-18(14,3)16(21)22)15(19)6-10-20(13,23)12-19;;/h14-15,23H,1,4-12H2,2-3H3,(H,21,22);;/t14-,15-,17+,18+,19+,20-;;/m0../s1. The Kier molecular flexibility index (Phi) is 4.81. The van der Waals surface area contributed by atoms with E-state index in [9.17, 15) is 15.0 Å². The van der Waals surface area contributed by atoms with Crippen LogP contribution in [0.3, 0.4) is 0 Å². The monoisotopic (exact) mass is 358 g/mol. The molecular weight excluding hydrogens is 327 g/mol. The Hall–Kier alpha value is 0.806. The van der Waals surface area contributed by atoms with Crippen LogP contribution in [-0.2, 0) is 4.79 Å². The van der Waals surface area contributed by atoms with Gasteiger partial charge in [0, 0.05) is 0 Å². The van der Waals surface area contributed by atoms with E-state index >= 15 is 0 Å². The van der Waals surface area contributed by atoms with E-state index in [1.54, 1.807) is 0 Å². The summed E-state index contributed by atoms with van der Waals surface area (Å²) in [7, 11) is 0. The normalized spacial score (nSPS) is 52.9. The van der Waals surface area contributed by atoms with Gasteiger partial charge in [0.05, 0.1) is 11.0 Å². The number of carboxylic acids is 1. The Balaban J connectivity index is 0.00000169. The molecule has 4 saturated carbocycles. The SMILES string of the molecule is C=C1C[C@@]23CC[C@H]4[C@@](C)(CCC[C@@]4(C)C(=O)O)[C@@H]2CC[C@]1(O)C3.[KH]. The van der Waals surface area contributed by atoms with Crippen LogP contribution in [0.4, 0.5) is 0 Å². The van der Waals surface area contributed by atoms with Gasteiger partial charge in [0.25, 0.3) is 0 Å². The van der Waals surface area contributed by atoms with Crippen LogP contribution < -0.4 is 0 Å². The molecule has 0 aromatic rings. The van der Waals surface area contributed by atoms with Crippen LogP contribution in [0, 0.1) is 28.1 Å². The molecule has 0 radical (unpaired) electrons. The van der Waals surface area contributed by atoms with Gasteiger partial charge in [0.15, 0.2) is 0 Å². The first-order valence-corrected chi connectivity index (χ1v) is 9.30. The molecule has 2 bridgehead atoms. The molecule has 0 aliphatic heterocycles. The molecule has 3 nitrogen and oxygen atoms in total. The van der Waals surface area contributed by atoms with Gasteiger partial charge in [-0.05, 0) is 86.5 Å². The van der Waals surface area contributed by atoms with Gasteiger partial charge in [0.2, 0.25) is 0 Å². The molecule has 6 atom stereocenters. The third kappa shape index (κ3) is 2.36. The van der Waals surface area contributed by atoms with E-state index in [4.69, 9.17) is 0 Å². The summed E-state index contributed by atoms with van der Waals surface area (Å²) < 4.78 is 0. The van der Waals surface area contributed by atoms with Gasteiger partial charge < -0.3 is 10.2 Å². The van der Waals surface area contributed by atoms with Gasteiger partial charge in [-0.25, -0.2) is 0 Å². The number of aliphatic carboxylic acids is 1. The van der Waals surface area contributed by atoms with Gasteiger partial charge in [-0.3, -0.25) is 4.79 Å². The van der Waals surface area contributed by atoms with E-state index in [1.165, 1.54) is 0 Å². The minimum atomic E-state index is -0.634. The van der Waals surface area contributed by atoms with E-state index in [2.05, 4.69) is 13.5 Å². The summed E-state index contributed by atoms with van der Waals surface area (Å²) in [6, 6.07) is 0. The van der Waals surface area contributed by atoms with E-state index < -0.39 is 17.0 Å². The van der Waals surface area contributed by atoms with Crippen molar-refractivity contribution < 1.29 is 15.0 Å². The minimum absolute atomic E-state index is 0. The summed E-state index contributed by atoms with van der Waals surface area (Å²) in [5, 5.41) is 20.8. The summed E-state index contributed by atoms with van der Waals surface area (Å²) in [6.07, 6.45) is 8.75. The van der Waals surface area contributed by atoms with Crippen LogP contribution in [0.1, 0.15) is 71.6 Å². The van der Waals surface area contributed by atoms with Gasteiger partial charge >= 0.3 is 57.4 Å². The number of rotatable bonds is 1. The molecule has 1 spiro atoms. The van der Waals surface area contributed by atoms with Crippen molar-refractivity contribution in [3.05, 3.63) is 12.2 Å². The van der Waals surface area contributed by atoms with Crippen LogP contribution in [0.15, 0.2) is 12.2 Å². The molecule has 2 N–H and O–H groups in total. The maximum atomic E-state index is 12.0. The molecule has 0 aromatic carbocycles. The van der Waals surface area contributed by atoms with E-state index in [-0.39, 0.29) is 68.1 Å². The van der Waals surface area contributed by atoms with E-state index in [1.807, 2.05) is 6.92 Å². The summed E-state index contributed by atoms with van der Waals surface area (Å²) in [6.45, 7) is 8.55. The van der Waals surface area contributed by atoms with Crippen LogP contribution in [0.5, 0.6) is 0 Å². The summed E-state index contributed by atoms with van der Waals surface area (Å²) >= 11 is 0. The molecule has 4 fully saturated rings. The fourth-order valence-electron chi connectivity index (χ4n) is 7.61. The van der Waals surface area contributed by atoms with Gasteiger partial charge in [0.1, 0.15) is 0 Å². The molecule has 4 aliphatic rings. The van der Waals surface area contributed by atoms with Crippen molar-refractivity contribution in [1.29, 1.82) is 0 Å². The third-order valence-electron chi connectivity index (χ3n) is 8.65. The molecule has 0 heterocycles. The predicted molar refractivity (Wildman–Crippen MR) is 96.1 cm³/mol. The predicted octanol–water partition coefficient (Wildman–Crippen LogP) is 3.51. The molecule has 0 unspecified atom stereocenters. The van der Waals surface area contributed by atoms with Crippen LogP contribution in [-0.4, -0.2) is 73.2 Å². The molecule has 0 aromatic heterocycles. The fourth-order valence-corrected chi connectivity index (χ4v) is 7.61. The first-order valence-electron chi connectivity index (χ1n) is 9.30. The van der Waals surface area contributed by atoms with Gasteiger partial charge in [-0.2, -0.15) is 0 Å². The van der Waals surface area contributed by atoms with Crippen molar-refractivity contribution in [1.82, 2.24) is 0 Å². The van der Waals surface area contributed by atoms with Crippen molar-refractivity contribution in [2.45, 2.75) is 77.2 Å². The molecular formula is C20H31KO3. The summed E-state index contributed by atoms with van der Waals surface area (Å²) in [4.78, 5) is 12.0. The zero-order chi connectivity index (χ0) is 16.7. The Morgan fingerprint density at radius 3 is 2.46 bits per heavy atom. The average Bonchev–Trinajstić information content (AvgIpc) is 2.63. The molecule has 4 aliphatic carbocycles. The Bertz CT molecular complexity index is 589. The number of hydrogen-bond acceptors (Lipinski definition) is 2. The number of fused-ring (bicyclic) bond motifs is 3. The Morgan fingerprint density at radius 1 is 1.12 bits per heavy atom. The molecule has 24 heavy (non-hydrogen) atoms. The number of carbonyl (C=O) groups is 1. The number of carboxylic acid groups (broad SMARTS) is 1. The molecule has 0 amide bonds. The maximum absolute atomic E-state index is 12.0. The zero-order valence-corrected chi connectivity index (χ0v) is 14.5. The molecule has 4 heteroatoms. The van der Waals surface area contributed by atoms with Crippen molar-refractivity contribution in [2.75, 3.05) is 0 Å². The van der Waals surface area contributed by atoms with Crippen LogP contribution in [0.2, 0.25) is 0 Å². The zero-order valence-electron chi connectivity index (χ0n) is 14.5. The second-order valence-corrected chi connectivity index (χ2v) is 9.62. The van der Waals surface area contributed by atoms with Gasteiger partial charge in [-0.15, -0.1) is 0 Å². The molecule has 130 valence electrons. The fraction of sp³-hybridized carbons (Fsp3) is 0.850. The molecule has 0 saturated heterocycles. The summed E-state index contributed by atoms with van der Waals surface area (Å²) in [5.74, 6) is 0.219. The van der Waals surface area contributed by atoms with Crippen LogP contribution in [0.25, 0.3) is 0 Å². The third-order valence-corrected chi connectivity index (χ3v) is 8.65. The Labute approximate surface area is 188 Å². The van der Waals surface area contributed by atoms with Crippen molar-refractivity contribution in [3.8, 4) is 0 Å². The number of aliphatic hydroxyl groups is 1. The number of hydrogen-bond donors (Lipinski definition) is 2. The first kappa shape index (κ1) is 19.6. The van der Waals surface area contributed by atoms with Gasteiger partial charge in [-0.1, -0.05) is 19.9 Å². The van der Waals surface area contributed by atoms with Crippen molar-refractivity contribution >= 4 is 57.4 Å². The second-order valence-electron chi connectivity index (χ2n) is 9.62. The van der Waals surface area contributed by atoms with Crippen LogP contribution >= 0.6 is 0 Å². The Morgan fingerprint density at radius 2 is 1.79 bits per heavy atom. The quantitative estimate of drug-likeness (QED) is 0.557. The van der Waals surface area contributed by atoms with E-state index in [0.717, 1.165) is 63.4 Å². The first-order chi connectivity index (χ1) is 10.7. The molecule has 4 rings (SSSR count). The summed E-state index contributed by atoms with van der Waals surface area (Å²) in [5.41, 5.74) is 0.128.